The van der Waals surface area contributed by atoms with Gasteiger partial charge in [-0.3, -0.25) is 10.1 Å². The van der Waals surface area contributed by atoms with Crippen molar-refractivity contribution in [3.8, 4) is 17.6 Å². The Labute approximate surface area is 126 Å². The van der Waals surface area contributed by atoms with E-state index in [0.717, 1.165) is 18.2 Å². The van der Waals surface area contributed by atoms with Crippen LogP contribution in [0.1, 0.15) is 11.1 Å². The molecule has 0 aliphatic rings. The standard InChI is InChI=1S/C14H6F4N2O3/c15-10-5-8(7-19)1-3-12(10)23-13-4-2-9(14(16,17)18)6-11(13)20(21)22/h1-6H. The van der Waals surface area contributed by atoms with E-state index in [2.05, 4.69) is 0 Å². The lowest BCUT2D eigenvalue weighted by atomic mass is 10.2. The third-order valence-corrected chi connectivity index (χ3v) is 2.76. The molecule has 0 N–H and O–H groups in total. The fourth-order valence-electron chi connectivity index (χ4n) is 1.69. The topological polar surface area (TPSA) is 76.2 Å². The van der Waals surface area contributed by atoms with E-state index in [1.165, 1.54) is 6.07 Å². The molecule has 9 heteroatoms. The van der Waals surface area contributed by atoms with Crippen molar-refractivity contribution in [3.63, 3.8) is 0 Å². The third-order valence-electron chi connectivity index (χ3n) is 2.76. The van der Waals surface area contributed by atoms with E-state index in [9.17, 15) is 27.7 Å². The summed E-state index contributed by atoms with van der Waals surface area (Å²) in [4.78, 5) is 9.83. The summed E-state index contributed by atoms with van der Waals surface area (Å²) >= 11 is 0. The summed E-state index contributed by atoms with van der Waals surface area (Å²) in [6.45, 7) is 0. The van der Waals surface area contributed by atoms with Crippen LogP contribution in [0, 0.1) is 27.3 Å². The number of benzene rings is 2. The zero-order valence-electron chi connectivity index (χ0n) is 11.1. The normalized spacial score (nSPS) is 10.9. The van der Waals surface area contributed by atoms with Gasteiger partial charge < -0.3 is 4.74 Å². The van der Waals surface area contributed by atoms with Crippen LogP contribution in [0.3, 0.4) is 0 Å². The summed E-state index contributed by atoms with van der Waals surface area (Å²) in [7, 11) is 0. The minimum Gasteiger partial charge on any atom is -0.447 e. The summed E-state index contributed by atoms with van der Waals surface area (Å²) in [5, 5.41) is 19.5. The molecule has 0 aliphatic carbocycles. The Hall–Kier alpha value is -3.15. The summed E-state index contributed by atoms with van der Waals surface area (Å²) in [6.07, 6.45) is -4.76. The average Bonchev–Trinajstić information content (AvgIpc) is 2.48. The molecule has 0 fully saturated rings. The molecule has 0 aromatic heterocycles. The number of hydrogen-bond acceptors (Lipinski definition) is 4. The number of nitro benzene ring substituents is 1. The van der Waals surface area contributed by atoms with E-state index in [-0.39, 0.29) is 5.56 Å². The number of nitro groups is 1. The quantitative estimate of drug-likeness (QED) is 0.475. The van der Waals surface area contributed by atoms with E-state index < -0.39 is 39.7 Å². The molecule has 0 atom stereocenters. The van der Waals surface area contributed by atoms with Crippen LogP contribution in [0.5, 0.6) is 11.5 Å². The van der Waals surface area contributed by atoms with Crippen molar-refractivity contribution >= 4 is 5.69 Å². The molecule has 0 aliphatic heterocycles. The van der Waals surface area contributed by atoms with Crippen LogP contribution in [0.2, 0.25) is 0 Å². The maximum Gasteiger partial charge on any atom is 0.416 e. The molecule has 0 amide bonds. The van der Waals surface area contributed by atoms with Gasteiger partial charge in [-0.25, -0.2) is 4.39 Å². The highest BCUT2D eigenvalue weighted by molar-refractivity contribution is 5.51. The van der Waals surface area contributed by atoms with Gasteiger partial charge in [0.05, 0.1) is 22.1 Å². The van der Waals surface area contributed by atoms with Crippen molar-refractivity contribution < 1.29 is 27.2 Å². The Morgan fingerprint density at radius 2 is 1.78 bits per heavy atom. The summed E-state index contributed by atoms with van der Waals surface area (Å²) < 4.78 is 56.4. The van der Waals surface area contributed by atoms with Crippen LogP contribution in [0.25, 0.3) is 0 Å². The molecule has 0 radical (unpaired) electrons. The Morgan fingerprint density at radius 1 is 1.13 bits per heavy atom. The van der Waals surface area contributed by atoms with E-state index in [0.29, 0.717) is 12.1 Å². The lowest BCUT2D eigenvalue weighted by Crippen LogP contribution is -2.06. The van der Waals surface area contributed by atoms with Crippen LogP contribution in [0.15, 0.2) is 36.4 Å². The molecule has 0 unspecified atom stereocenters. The lowest BCUT2D eigenvalue weighted by molar-refractivity contribution is -0.385. The monoisotopic (exact) mass is 326 g/mol. The molecule has 0 bridgehead atoms. The fourth-order valence-corrected chi connectivity index (χ4v) is 1.69. The number of alkyl halides is 3. The smallest absolute Gasteiger partial charge is 0.416 e. The van der Waals surface area contributed by atoms with E-state index >= 15 is 0 Å². The molecular weight excluding hydrogens is 320 g/mol. The number of hydrogen-bond donors (Lipinski definition) is 0. The van der Waals surface area contributed by atoms with Crippen molar-refractivity contribution in [2.24, 2.45) is 0 Å². The molecule has 0 spiro atoms. The first-order valence-electron chi connectivity index (χ1n) is 5.95. The number of halogens is 4. The Morgan fingerprint density at radius 3 is 2.30 bits per heavy atom. The van der Waals surface area contributed by atoms with Gasteiger partial charge in [-0.2, -0.15) is 18.4 Å². The number of nitrogens with zero attached hydrogens (tertiary/aromatic N) is 2. The SMILES string of the molecule is N#Cc1ccc(Oc2ccc(C(F)(F)F)cc2[N+](=O)[O-])c(F)c1. The van der Waals surface area contributed by atoms with Gasteiger partial charge in [0, 0.05) is 6.07 Å². The van der Waals surface area contributed by atoms with Crippen LogP contribution < -0.4 is 4.74 Å². The third kappa shape index (κ3) is 3.55. The van der Waals surface area contributed by atoms with E-state index in [1.54, 1.807) is 6.07 Å². The van der Waals surface area contributed by atoms with Gasteiger partial charge >= 0.3 is 11.9 Å². The van der Waals surface area contributed by atoms with Gasteiger partial charge in [-0.15, -0.1) is 0 Å². The predicted molar refractivity (Wildman–Crippen MR) is 69.3 cm³/mol. The molecule has 0 saturated heterocycles. The lowest BCUT2D eigenvalue weighted by Gasteiger charge is -2.10. The van der Waals surface area contributed by atoms with Gasteiger partial charge in [0.2, 0.25) is 5.75 Å². The van der Waals surface area contributed by atoms with Gasteiger partial charge in [-0.05, 0) is 30.3 Å². The van der Waals surface area contributed by atoms with Crippen molar-refractivity contribution in [3.05, 3.63) is 63.5 Å². The fraction of sp³-hybridized carbons (Fsp3) is 0.0714. The van der Waals surface area contributed by atoms with Crippen molar-refractivity contribution in [1.29, 1.82) is 5.26 Å². The summed E-state index contributed by atoms with van der Waals surface area (Å²) in [5.74, 6) is -1.98. The van der Waals surface area contributed by atoms with E-state index in [1.807, 2.05) is 0 Å². The second-order valence-corrected chi connectivity index (χ2v) is 4.30. The van der Waals surface area contributed by atoms with Gasteiger partial charge in [0.1, 0.15) is 0 Å². The van der Waals surface area contributed by atoms with Gasteiger partial charge in [0.25, 0.3) is 0 Å². The van der Waals surface area contributed by atoms with Gasteiger partial charge in [0.15, 0.2) is 11.6 Å². The summed E-state index contributed by atoms with van der Waals surface area (Å²) in [5.41, 5.74) is -2.18. The largest absolute Gasteiger partial charge is 0.447 e. The highest BCUT2D eigenvalue weighted by atomic mass is 19.4. The zero-order valence-corrected chi connectivity index (χ0v) is 11.1. The van der Waals surface area contributed by atoms with Crippen LogP contribution in [-0.4, -0.2) is 4.92 Å². The molecule has 23 heavy (non-hydrogen) atoms. The number of nitriles is 1. The van der Waals surface area contributed by atoms with Crippen molar-refractivity contribution in [2.45, 2.75) is 6.18 Å². The number of rotatable bonds is 3. The molecule has 2 aromatic rings. The van der Waals surface area contributed by atoms with Crippen molar-refractivity contribution in [1.82, 2.24) is 0 Å². The molecule has 0 saturated carbocycles. The average molecular weight is 326 g/mol. The molecule has 2 rings (SSSR count). The highest BCUT2D eigenvalue weighted by Crippen LogP contribution is 2.38. The highest BCUT2D eigenvalue weighted by Gasteiger charge is 2.33. The maximum absolute atomic E-state index is 13.7. The van der Waals surface area contributed by atoms with E-state index in [4.69, 9.17) is 10.00 Å². The number of ether oxygens (including phenoxy) is 1. The molecule has 2 aromatic carbocycles. The second kappa shape index (κ2) is 5.92. The first-order chi connectivity index (χ1) is 10.7. The molecule has 0 heterocycles. The van der Waals surface area contributed by atoms with Crippen LogP contribution >= 0.6 is 0 Å². The summed E-state index contributed by atoms with van der Waals surface area (Å²) in [6, 6.07) is 6.40. The maximum atomic E-state index is 13.7. The minimum atomic E-state index is -4.76. The molecular formula is C14H6F4N2O3. The van der Waals surface area contributed by atoms with Crippen LogP contribution in [0.4, 0.5) is 23.2 Å². The van der Waals surface area contributed by atoms with Gasteiger partial charge in [-0.1, -0.05) is 0 Å². The zero-order chi connectivity index (χ0) is 17.2. The van der Waals surface area contributed by atoms with Crippen molar-refractivity contribution in [2.75, 3.05) is 0 Å². The first kappa shape index (κ1) is 16.2. The Bertz CT molecular complexity index is 813. The first-order valence-corrected chi connectivity index (χ1v) is 5.95. The molecule has 5 nitrogen and oxygen atoms in total. The Kier molecular flexibility index (Phi) is 4.18. The van der Waals surface area contributed by atoms with Crippen LogP contribution in [-0.2, 0) is 6.18 Å². The Balaban J connectivity index is 2.44. The molecule has 118 valence electrons. The second-order valence-electron chi connectivity index (χ2n) is 4.30. The minimum absolute atomic E-state index is 0.00299. The predicted octanol–water partition coefficient (Wildman–Crippen LogP) is 4.42.